The molecule has 1 aliphatic heterocycles. The number of nitrogens with two attached hydrogens (primary N) is 1. The summed E-state index contributed by atoms with van der Waals surface area (Å²) >= 11 is 0. The molecule has 5 heteroatoms. The van der Waals surface area contributed by atoms with Gasteiger partial charge in [-0.3, -0.25) is 4.79 Å². The molecule has 3 rings (SSSR count). The number of hydrogen-bond acceptors (Lipinski definition) is 4. The number of rotatable bonds is 3. The van der Waals surface area contributed by atoms with Gasteiger partial charge in [-0.2, -0.15) is 0 Å². The van der Waals surface area contributed by atoms with Gasteiger partial charge in [0, 0.05) is 17.5 Å². The van der Waals surface area contributed by atoms with Crippen LogP contribution in [-0.4, -0.2) is 20.8 Å². The number of anilines is 1. The van der Waals surface area contributed by atoms with Crippen LogP contribution in [0.3, 0.4) is 0 Å². The zero-order chi connectivity index (χ0) is 17.3. The molecule has 0 fully saturated rings. The van der Waals surface area contributed by atoms with Crippen molar-refractivity contribution in [2.45, 2.75) is 39.8 Å². The van der Waals surface area contributed by atoms with Crippen LogP contribution in [0.1, 0.15) is 43.1 Å². The second-order valence-electron chi connectivity index (χ2n) is 6.13. The highest BCUT2D eigenvalue weighted by molar-refractivity contribution is 5.80. The van der Waals surface area contributed by atoms with Crippen LogP contribution in [0.4, 0.5) is 5.95 Å². The highest BCUT2D eigenvalue weighted by Gasteiger charge is 2.34. The number of aryl methyl sites for hydroxylation is 1. The van der Waals surface area contributed by atoms with E-state index >= 15 is 0 Å². The fraction of sp³-hybridized carbons (Fsp3) is 0.316. The summed E-state index contributed by atoms with van der Waals surface area (Å²) in [6.07, 6.45) is 4.17. The SMILES string of the molecule is C/C=C/CC(=O)N1Cc2c(-c3cccc(C)c3)nc(N)nc2[C@@H]1C. The summed E-state index contributed by atoms with van der Waals surface area (Å²) in [7, 11) is 0. The molecule has 2 N–H and O–H groups in total. The highest BCUT2D eigenvalue weighted by atomic mass is 16.2. The van der Waals surface area contributed by atoms with Crippen molar-refractivity contribution in [2.75, 3.05) is 5.73 Å². The monoisotopic (exact) mass is 322 g/mol. The van der Waals surface area contributed by atoms with Gasteiger partial charge in [0.25, 0.3) is 0 Å². The zero-order valence-electron chi connectivity index (χ0n) is 14.3. The predicted molar refractivity (Wildman–Crippen MR) is 95.0 cm³/mol. The van der Waals surface area contributed by atoms with E-state index in [2.05, 4.69) is 16.0 Å². The minimum absolute atomic E-state index is 0.0902. The van der Waals surface area contributed by atoms with Gasteiger partial charge in [0.05, 0.1) is 24.0 Å². The number of aromatic nitrogens is 2. The maximum absolute atomic E-state index is 12.5. The van der Waals surface area contributed by atoms with Crippen molar-refractivity contribution in [1.82, 2.24) is 14.9 Å². The fourth-order valence-electron chi connectivity index (χ4n) is 3.15. The Morgan fingerprint density at radius 2 is 2.21 bits per heavy atom. The molecular formula is C19H22N4O. The molecule has 2 heterocycles. The van der Waals surface area contributed by atoms with Crippen LogP contribution < -0.4 is 5.73 Å². The second-order valence-corrected chi connectivity index (χ2v) is 6.13. The molecule has 0 unspecified atom stereocenters. The number of carbonyl (C=O) groups excluding carboxylic acids is 1. The van der Waals surface area contributed by atoms with Crippen LogP contribution in [0.25, 0.3) is 11.3 Å². The number of nitrogen functional groups attached to an aromatic ring is 1. The van der Waals surface area contributed by atoms with Crippen molar-refractivity contribution >= 4 is 11.9 Å². The summed E-state index contributed by atoms with van der Waals surface area (Å²) in [5.74, 6) is 0.340. The molecule has 1 amide bonds. The minimum atomic E-state index is -0.0911. The van der Waals surface area contributed by atoms with Crippen LogP contribution >= 0.6 is 0 Å². The maximum atomic E-state index is 12.5. The van der Waals surface area contributed by atoms with Crippen LogP contribution in [-0.2, 0) is 11.3 Å². The fourth-order valence-corrected chi connectivity index (χ4v) is 3.15. The number of benzene rings is 1. The van der Waals surface area contributed by atoms with Gasteiger partial charge in [0.1, 0.15) is 0 Å². The molecular weight excluding hydrogens is 300 g/mol. The quantitative estimate of drug-likeness (QED) is 0.879. The van der Waals surface area contributed by atoms with Crippen molar-refractivity contribution < 1.29 is 4.79 Å². The van der Waals surface area contributed by atoms with Crippen LogP contribution in [0.2, 0.25) is 0 Å². The first-order valence-electron chi connectivity index (χ1n) is 8.15. The topological polar surface area (TPSA) is 72.1 Å². The number of amides is 1. The van der Waals surface area contributed by atoms with Gasteiger partial charge in [-0.1, -0.05) is 35.9 Å². The summed E-state index contributed by atoms with van der Waals surface area (Å²) in [6.45, 7) is 6.48. The Bertz CT molecular complexity index is 813. The van der Waals surface area contributed by atoms with Crippen molar-refractivity contribution in [3.63, 3.8) is 0 Å². The van der Waals surface area contributed by atoms with Gasteiger partial charge in [-0.15, -0.1) is 0 Å². The van der Waals surface area contributed by atoms with E-state index in [4.69, 9.17) is 5.73 Å². The third-order valence-electron chi connectivity index (χ3n) is 4.39. The Morgan fingerprint density at radius 1 is 1.42 bits per heavy atom. The summed E-state index contributed by atoms with van der Waals surface area (Å²) in [6, 6.07) is 8.06. The lowest BCUT2D eigenvalue weighted by atomic mass is 10.0. The van der Waals surface area contributed by atoms with Gasteiger partial charge in [0.15, 0.2) is 0 Å². The first-order chi connectivity index (χ1) is 11.5. The molecule has 1 atom stereocenters. The lowest BCUT2D eigenvalue weighted by Crippen LogP contribution is -2.27. The van der Waals surface area contributed by atoms with Crippen molar-refractivity contribution in [2.24, 2.45) is 0 Å². The molecule has 0 bridgehead atoms. The Hall–Kier alpha value is -2.69. The second kappa shape index (κ2) is 6.43. The summed E-state index contributed by atoms with van der Waals surface area (Å²) in [5, 5.41) is 0. The lowest BCUT2D eigenvalue weighted by Gasteiger charge is -2.20. The molecule has 0 spiro atoms. The van der Waals surface area contributed by atoms with Crippen molar-refractivity contribution in [3.05, 3.63) is 53.2 Å². The molecule has 0 saturated carbocycles. The molecule has 1 aromatic carbocycles. The van der Waals surface area contributed by atoms with E-state index in [0.29, 0.717) is 13.0 Å². The lowest BCUT2D eigenvalue weighted by molar-refractivity contribution is -0.132. The normalized spacial score (nSPS) is 16.6. The molecule has 0 radical (unpaired) electrons. The zero-order valence-corrected chi connectivity index (χ0v) is 14.3. The molecule has 1 aromatic heterocycles. The van der Waals surface area contributed by atoms with E-state index in [1.807, 2.05) is 56.0 Å². The smallest absolute Gasteiger partial charge is 0.227 e. The Morgan fingerprint density at radius 3 is 2.92 bits per heavy atom. The summed E-state index contributed by atoms with van der Waals surface area (Å²) in [5.41, 5.74) is 10.8. The molecule has 1 aliphatic rings. The third-order valence-corrected chi connectivity index (χ3v) is 4.39. The average Bonchev–Trinajstić information content (AvgIpc) is 2.89. The number of fused-ring (bicyclic) bond motifs is 1. The first kappa shape index (κ1) is 16.2. The molecule has 0 aliphatic carbocycles. The van der Waals surface area contributed by atoms with E-state index in [-0.39, 0.29) is 17.9 Å². The van der Waals surface area contributed by atoms with Gasteiger partial charge in [0.2, 0.25) is 11.9 Å². The number of hydrogen-bond donors (Lipinski definition) is 1. The van der Waals surface area contributed by atoms with Gasteiger partial charge in [-0.25, -0.2) is 9.97 Å². The Kier molecular flexibility index (Phi) is 4.34. The standard InChI is InChI=1S/C19H22N4O/c1-4-5-9-16(24)23-11-15-17(13(23)3)21-19(20)22-18(15)14-8-6-7-12(2)10-14/h4-8,10,13H,9,11H2,1-3H3,(H2,20,21,22)/b5-4+/t13-/m0/s1. The largest absolute Gasteiger partial charge is 0.368 e. The minimum Gasteiger partial charge on any atom is -0.368 e. The number of allylic oxidation sites excluding steroid dienone is 1. The molecule has 0 saturated heterocycles. The van der Waals surface area contributed by atoms with Gasteiger partial charge < -0.3 is 10.6 Å². The Balaban J connectivity index is 2.03. The van der Waals surface area contributed by atoms with E-state index in [1.165, 1.54) is 0 Å². The van der Waals surface area contributed by atoms with E-state index < -0.39 is 0 Å². The highest BCUT2D eigenvalue weighted by Crippen LogP contribution is 2.38. The van der Waals surface area contributed by atoms with Crippen LogP contribution in [0, 0.1) is 6.92 Å². The van der Waals surface area contributed by atoms with Crippen molar-refractivity contribution in [1.29, 1.82) is 0 Å². The van der Waals surface area contributed by atoms with Crippen LogP contribution in [0.5, 0.6) is 0 Å². The maximum Gasteiger partial charge on any atom is 0.227 e. The Labute approximate surface area is 142 Å². The molecule has 24 heavy (non-hydrogen) atoms. The predicted octanol–water partition coefficient (Wildman–Crippen LogP) is 3.40. The van der Waals surface area contributed by atoms with Gasteiger partial charge in [-0.05, 0) is 26.8 Å². The summed E-state index contributed by atoms with van der Waals surface area (Å²) < 4.78 is 0. The van der Waals surface area contributed by atoms with Gasteiger partial charge >= 0.3 is 0 Å². The molecule has 2 aromatic rings. The van der Waals surface area contributed by atoms with E-state index in [0.717, 1.165) is 28.1 Å². The molecule has 124 valence electrons. The first-order valence-corrected chi connectivity index (χ1v) is 8.15. The number of nitrogens with zero attached hydrogens (tertiary/aromatic N) is 3. The molecule has 5 nitrogen and oxygen atoms in total. The van der Waals surface area contributed by atoms with E-state index in [1.54, 1.807) is 0 Å². The average molecular weight is 322 g/mol. The van der Waals surface area contributed by atoms with Crippen LogP contribution in [0.15, 0.2) is 36.4 Å². The summed E-state index contributed by atoms with van der Waals surface area (Å²) in [4.78, 5) is 23.2. The van der Waals surface area contributed by atoms with E-state index in [9.17, 15) is 4.79 Å². The third kappa shape index (κ3) is 2.89. The van der Waals surface area contributed by atoms with Crippen molar-refractivity contribution in [3.8, 4) is 11.3 Å². The number of carbonyl (C=O) groups is 1.